The first kappa shape index (κ1) is 23.6. The second-order valence-corrected chi connectivity index (χ2v) is 5.82. The molecule has 0 amide bonds. The van der Waals surface area contributed by atoms with Crippen LogP contribution in [0, 0.1) is 0 Å². The van der Waals surface area contributed by atoms with E-state index in [1.54, 1.807) is 0 Å². The van der Waals surface area contributed by atoms with E-state index >= 15 is 0 Å². The molecule has 0 heterocycles. The number of aliphatic hydroxyl groups excluding tert-OH is 10. The van der Waals surface area contributed by atoms with Gasteiger partial charge in [-0.15, -0.1) is 0 Å². The van der Waals surface area contributed by atoms with Crippen molar-refractivity contribution >= 4 is 0 Å². The molecular formula is C13H29NO10. The van der Waals surface area contributed by atoms with Crippen molar-refractivity contribution in [2.45, 2.75) is 48.8 Å². The van der Waals surface area contributed by atoms with Gasteiger partial charge in [0.05, 0.1) is 25.4 Å². The summed E-state index contributed by atoms with van der Waals surface area (Å²) in [7, 11) is 1.40. The lowest BCUT2D eigenvalue weighted by molar-refractivity contribution is -0.128. The van der Waals surface area contributed by atoms with Gasteiger partial charge in [-0.25, -0.2) is 0 Å². The molecule has 0 spiro atoms. The maximum Gasteiger partial charge on any atom is 0.111 e. The zero-order valence-corrected chi connectivity index (χ0v) is 13.4. The van der Waals surface area contributed by atoms with E-state index in [9.17, 15) is 40.9 Å². The van der Waals surface area contributed by atoms with Gasteiger partial charge in [-0.2, -0.15) is 0 Å². The topological polar surface area (TPSA) is 206 Å². The molecule has 0 saturated heterocycles. The van der Waals surface area contributed by atoms with Crippen molar-refractivity contribution in [1.82, 2.24) is 4.90 Å². The smallest absolute Gasteiger partial charge is 0.111 e. The van der Waals surface area contributed by atoms with Gasteiger partial charge in [0, 0.05) is 13.1 Å². The van der Waals surface area contributed by atoms with E-state index in [-0.39, 0.29) is 13.1 Å². The normalized spacial score (nSPS) is 22.5. The van der Waals surface area contributed by atoms with E-state index < -0.39 is 62.0 Å². The highest BCUT2D eigenvalue weighted by atomic mass is 16.4. The van der Waals surface area contributed by atoms with Crippen LogP contribution in [0.1, 0.15) is 0 Å². The van der Waals surface area contributed by atoms with E-state index in [4.69, 9.17) is 10.2 Å². The van der Waals surface area contributed by atoms with Crippen LogP contribution in [0.3, 0.4) is 0 Å². The van der Waals surface area contributed by atoms with Crippen molar-refractivity contribution in [3.05, 3.63) is 0 Å². The first-order valence-electron chi connectivity index (χ1n) is 7.41. The number of rotatable bonds is 12. The number of hydrogen-bond acceptors (Lipinski definition) is 11. The minimum atomic E-state index is -1.78. The fourth-order valence-corrected chi connectivity index (χ4v) is 2.06. The molecule has 0 aliphatic rings. The third-order valence-corrected chi connectivity index (χ3v) is 3.65. The zero-order valence-electron chi connectivity index (χ0n) is 13.4. The van der Waals surface area contributed by atoms with Gasteiger partial charge in [-0.1, -0.05) is 0 Å². The van der Waals surface area contributed by atoms with Crippen LogP contribution in [0.5, 0.6) is 0 Å². The Morgan fingerprint density at radius 1 is 0.542 bits per heavy atom. The Bertz CT molecular complexity index is 306. The molecule has 8 atom stereocenters. The lowest BCUT2D eigenvalue weighted by atomic mass is 10.0. The molecule has 0 aromatic rings. The molecule has 0 aromatic carbocycles. The zero-order chi connectivity index (χ0) is 19.0. The average Bonchev–Trinajstić information content (AvgIpc) is 2.56. The van der Waals surface area contributed by atoms with Gasteiger partial charge in [-0.3, -0.25) is 0 Å². The molecule has 0 bridgehead atoms. The molecule has 11 heteroatoms. The van der Waals surface area contributed by atoms with E-state index in [0.717, 1.165) is 0 Å². The predicted molar refractivity (Wildman–Crippen MR) is 79.7 cm³/mol. The lowest BCUT2D eigenvalue weighted by Crippen LogP contribution is -2.52. The van der Waals surface area contributed by atoms with Crippen LogP contribution >= 0.6 is 0 Å². The quantitative estimate of drug-likeness (QED) is 0.159. The highest BCUT2D eigenvalue weighted by Gasteiger charge is 2.33. The fraction of sp³-hybridized carbons (Fsp3) is 1.00. The molecule has 0 aromatic heterocycles. The van der Waals surface area contributed by atoms with Crippen molar-refractivity contribution in [1.29, 1.82) is 0 Å². The Morgan fingerprint density at radius 3 is 1.04 bits per heavy atom. The summed E-state index contributed by atoms with van der Waals surface area (Å²) in [5, 5.41) is 93.6. The van der Waals surface area contributed by atoms with Crippen LogP contribution in [0.4, 0.5) is 0 Å². The van der Waals surface area contributed by atoms with Crippen LogP contribution in [0.2, 0.25) is 0 Å². The molecule has 0 radical (unpaired) electrons. The Labute approximate surface area is 139 Å². The van der Waals surface area contributed by atoms with Crippen LogP contribution < -0.4 is 0 Å². The summed E-state index contributed by atoms with van der Waals surface area (Å²) >= 11 is 0. The van der Waals surface area contributed by atoms with Crippen molar-refractivity contribution in [2.24, 2.45) is 0 Å². The van der Waals surface area contributed by atoms with Crippen molar-refractivity contribution < 1.29 is 51.1 Å². The van der Waals surface area contributed by atoms with Gasteiger partial charge < -0.3 is 56.0 Å². The molecule has 11 nitrogen and oxygen atoms in total. The SMILES string of the molecule is CN(C[C@@H](O)[C@H](O)[C@@H](O)[C@@H](O)CO)C[C@@H](O)[C@H](O)[C@@H](O)[C@@H](O)CO. The van der Waals surface area contributed by atoms with Crippen LogP contribution in [0.15, 0.2) is 0 Å². The predicted octanol–water partition coefficient (Wildman–Crippen LogP) is -6.21. The summed E-state index contributed by atoms with van der Waals surface area (Å²) in [5.41, 5.74) is 0. The molecule has 0 fully saturated rings. The Morgan fingerprint density at radius 2 is 0.792 bits per heavy atom. The van der Waals surface area contributed by atoms with Gasteiger partial charge >= 0.3 is 0 Å². The molecule has 0 aliphatic carbocycles. The number of hydrogen-bond donors (Lipinski definition) is 10. The lowest BCUT2D eigenvalue weighted by Gasteiger charge is -2.31. The Kier molecular flexibility index (Phi) is 11.0. The molecule has 0 aliphatic heterocycles. The third-order valence-electron chi connectivity index (χ3n) is 3.65. The van der Waals surface area contributed by atoms with E-state index in [1.165, 1.54) is 11.9 Å². The van der Waals surface area contributed by atoms with Gasteiger partial charge in [0.1, 0.15) is 36.6 Å². The van der Waals surface area contributed by atoms with E-state index in [0.29, 0.717) is 0 Å². The average molecular weight is 359 g/mol. The van der Waals surface area contributed by atoms with Gasteiger partial charge in [-0.05, 0) is 7.05 Å². The monoisotopic (exact) mass is 359 g/mol. The highest BCUT2D eigenvalue weighted by Crippen LogP contribution is 2.09. The van der Waals surface area contributed by atoms with Gasteiger partial charge in [0.25, 0.3) is 0 Å². The number of nitrogens with zero attached hydrogens (tertiary/aromatic N) is 1. The highest BCUT2D eigenvalue weighted by molar-refractivity contribution is 4.85. The number of aliphatic hydroxyl groups is 10. The minimum Gasteiger partial charge on any atom is -0.394 e. The van der Waals surface area contributed by atoms with E-state index in [2.05, 4.69) is 0 Å². The van der Waals surface area contributed by atoms with Gasteiger partial charge in [0.15, 0.2) is 0 Å². The maximum atomic E-state index is 9.78. The molecule has 10 N–H and O–H groups in total. The summed E-state index contributed by atoms with van der Waals surface area (Å²) in [5.74, 6) is 0. The summed E-state index contributed by atoms with van der Waals surface area (Å²) in [6, 6.07) is 0. The second-order valence-electron chi connectivity index (χ2n) is 5.82. The minimum absolute atomic E-state index is 0.279. The fourth-order valence-electron chi connectivity index (χ4n) is 2.06. The standard InChI is InChI=1S/C13H29NO10/c1-14(2-6(17)10(21)12(23)8(19)4-15)3-7(18)11(22)13(24)9(20)5-16/h6-13,15-24H,2-5H2,1H3/t6-,7-,8+,9+,10+,11+,12+,13+/m1/s1. The molecule has 0 unspecified atom stereocenters. The summed E-state index contributed by atoms with van der Waals surface area (Å²) in [6.07, 6.45) is -13.4. The van der Waals surface area contributed by atoms with Crippen LogP contribution in [-0.4, -0.2) is 138 Å². The van der Waals surface area contributed by atoms with Gasteiger partial charge in [0.2, 0.25) is 0 Å². The summed E-state index contributed by atoms with van der Waals surface area (Å²) in [6.45, 7) is -2.18. The second kappa shape index (κ2) is 11.2. The van der Waals surface area contributed by atoms with E-state index in [1.807, 2.05) is 0 Å². The first-order chi connectivity index (χ1) is 11.1. The van der Waals surface area contributed by atoms with Crippen LogP contribution in [0.25, 0.3) is 0 Å². The summed E-state index contributed by atoms with van der Waals surface area (Å²) in [4.78, 5) is 1.26. The first-order valence-corrected chi connectivity index (χ1v) is 7.41. The Balaban J connectivity index is 4.48. The van der Waals surface area contributed by atoms with Crippen molar-refractivity contribution in [3.8, 4) is 0 Å². The molecular weight excluding hydrogens is 330 g/mol. The Hall–Kier alpha value is -0.440. The van der Waals surface area contributed by atoms with Crippen molar-refractivity contribution in [2.75, 3.05) is 33.4 Å². The molecule has 0 rings (SSSR count). The maximum absolute atomic E-state index is 9.78. The number of likely N-dealkylation sites (N-methyl/N-ethyl adjacent to an activating group) is 1. The van der Waals surface area contributed by atoms with Crippen molar-refractivity contribution in [3.63, 3.8) is 0 Å². The summed E-state index contributed by atoms with van der Waals surface area (Å²) < 4.78 is 0. The molecule has 24 heavy (non-hydrogen) atoms. The largest absolute Gasteiger partial charge is 0.394 e. The molecule has 0 saturated carbocycles. The third kappa shape index (κ3) is 7.21. The molecule has 146 valence electrons. The van der Waals surface area contributed by atoms with Crippen LogP contribution in [-0.2, 0) is 0 Å².